The van der Waals surface area contributed by atoms with Crippen LogP contribution in [0.4, 0.5) is 0 Å². The first-order valence-electron chi connectivity index (χ1n) is 4.95. The van der Waals surface area contributed by atoms with Crippen molar-refractivity contribution >= 4 is 0 Å². The molecule has 1 atom stereocenters. The predicted molar refractivity (Wildman–Crippen MR) is 54.0 cm³/mol. The summed E-state index contributed by atoms with van der Waals surface area (Å²) in [5, 5.41) is 8.12. The van der Waals surface area contributed by atoms with Crippen LogP contribution in [0.25, 0.3) is 0 Å². The molecule has 1 N–H and O–H groups in total. The SMILES string of the molecule is CC1CNCCN1N1C=CC=CC1. The van der Waals surface area contributed by atoms with Crippen molar-refractivity contribution in [1.29, 1.82) is 0 Å². The Balaban J connectivity index is 1.98. The molecule has 0 amide bonds. The highest BCUT2D eigenvalue weighted by Gasteiger charge is 2.21. The Morgan fingerprint density at radius 1 is 1.38 bits per heavy atom. The lowest BCUT2D eigenvalue weighted by Gasteiger charge is -2.41. The Morgan fingerprint density at radius 3 is 3.00 bits per heavy atom. The second kappa shape index (κ2) is 3.94. The fraction of sp³-hybridized carbons (Fsp3) is 0.600. The monoisotopic (exact) mass is 179 g/mol. The van der Waals surface area contributed by atoms with Gasteiger partial charge in [0.25, 0.3) is 0 Å². The molecule has 72 valence electrons. The van der Waals surface area contributed by atoms with Crippen LogP contribution in [0.3, 0.4) is 0 Å². The highest BCUT2D eigenvalue weighted by atomic mass is 15.6. The minimum Gasteiger partial charge on any atom is -0.314 e. The molecule has 2 aliphatic rings. The zero-order valence-corrected chi connectivity index (χ0v) is 8.11. The molecule has 1 fully saturated rings. The minimum atomic E-state index is 0.602. The molecular weight excluding hydrogens is 162 g/mol. The van der Waals surface area contributed by atoms with Gasteiger partial charge in [0.2, 0.25) is 0 Å². The second-order valence-electron chi connectivity index (χ2n) is 3.61. The van der Waals surface area contributed by atoms with Crippen molar-refractivity contribution in [3.05, 3.63) is 24.4 Å². The summed E-state index contributed by atoms with van der Waals surface area (Å²) in [5.74, 6) is 0. The van der Waals surface area contributed by atoms with E-state index in [0.29, 0.717) is 6.04 Å². The van der Waals surface area contributed by atoms with Crippen LogP contribution >= 0.6 is 0 Å². The smallest absolute Gasteiger partial charge is 0.0524 e. The van der Waals surface area contributed by atoms with Crippen LogP contribution in [-0.2, 0) is 0 Å². The Kier molecular flexibility index (Phi) is 2.66. The van der Waals surface area contributed by atoms with Gasteiger partial charge in [-0.15, -0.1) is 0 Å². The number of rotatable bonds is 1. The molecule has 0 aliphatic carbocycles. The van der Waals surface area contributed by atoms with Crippen LogP contribution in [-0.4, -0.2) is 42.2 Å². The lowest BCUT2D eigenvalue weighted by molar-refractivity contribution is -0.0198. The molecule has 0 aromatic carbocycles. The van der Waals surface area contributed by atoms with Crippen molar-refractivity contribution in [2.45, 2.75) is 13.0 Å². The number of hydrogen-bond donors (Lipinski definition) is 1. The molecule has 2 heterocycles. The van der Waals surface area contributed by atoms with E-state index >= 15 is 0 Å². The average molecular weight is 179 g/mol. The van der Waals surface area contributed by atoms with Crippen LogP contribution < -0.4 is 5.32 Å². The molecule has 3 nitrogen and oxygen atoms in total. The zero-order chi connectivity index (χ0) is 9.10. The molecule has 0 saturated carbocycles. The Morgan fingerprint density at radius 2 is 2.31 bits per heavy atom. The Hall–Kier alpha value is -0.800. The maximum Gasteiger partial charge on any atom is 0.0524 e. The maximum atomic E-state index is 3.39. The van der Waals surface area contributed by atoms with Gasteiger partial charge in [0.1, 0.15) is 0 Å². The van der Waals surface area contributed by atoms with E-state index in [1.54, 1.807) is 0 Å². The Labute approximate surface area is 79.7 Å². The average Bonchev–Trinajstić information content (AvgIpc) is 2.20. The molecule has 1 saturated heterocycles. The van der Waals surface area contributed by atoms with Crippen molar-refractivity contribution in [3.63, 3.8) is 0 Å². The largest absolute Gasteiger partial charge is 0.314 e. The zero-order valence-electron chi connectivity index (χ0n) is 8.11. The number of nitrogens with one attached hydrogen (secondary N) is 1. The Bertz CT molecular complexity index is 222. The van der Waals surface area contributed by atoms with Crippen molar-refractivity contribution in [2.24, 2.45) is 0 Å². The normalized spacial score (nSPS) is 29.6. The topological polar surface area (TPSA) is 18.5 Å². The first-order chi connectivity index (χ1) is 6.38. The number of hydrogen-bond acceptors (Lipinski definition) is 3. The van der Waals surface area contributed by atoms with Crippen LogP contribution in [0.15, 0.2) is 24.4 Å². The summed E-state index contributed by atoms with van der Waals surface area (Å²) in [4.78, 5) is 0. The third kappa shape index (κ3) is 1.92. The lowest BCUT2D eigenvalue weighted by atomic mass is 10.2. The quantitative estimate of drug-likeness (QED) is 0.635. The third-order valence-electron chi connectivity index (χ3n) is 2.59. The molecule has 3 heteroatoms. The third-order valence-corrected chi connectivity index (χ3v) is 2.59. The fourth-order valence-corrected chi connectivity index (χ4v) is 1.86. The molecule has 2 aliphatic heterocycles. The summed E-state index contributed by atoms with van der Waals surface area (Å²) < 4.78 is 0. The molecule has 0 aromatic heterocycles. The number of hydrazine groups is 1. The van der Waals surface area contributed by atoms with E-state index in [1.165, 1.54) is 0 Å². The second-order valence-corrected chi connectivity index (χ2v) is 3.61. The summed E-state index contributed by atoms with van der Waals surface area (Å²) in [6.45, 7) is 6.57. The number of nitrogens with zero attached hydrogens (tertiary/aromatic N) is 2. The van der Waals surface area contributed by atoms with Crippen LogP contribution in [0.2, 0.25) is 0 Å². The van der Waals surface area contributed by atoms with Gasteiger partial charge in [0.05, 0.1) is 6.54 Å². The van der Waals surface area contributed by atoms with Crippen LogP contribution in [0.1, 0.15) is 6.92 Å². The van der Waals surface area contributed by atoms with Crippen molar-refractivity contribution in [1.82, 2.24) is 15.3 Å². The molecule has 13 heavy (non-hydrogen) atoms. The van der Waals surface area contributed by atoms with Gasteiger partial charge < -0.3 is 10.3 Å². The summed E-state index contributed by atoms with van der Waals surface area (Å²) in [6.07, 6.45) is 8.54. The standard InChI is InChI=1S/C10H17N3/c1-10-9-11-5-8-13(10)12-6-3-2-4-7-12/h2-4,6,10-11H,5,7-9H2,1H3. The molecule has 0 bridgehead atoms. The van der Waals surface area contributed by atoms with Gasteiger partial charge in [-0.25, -0.2) is 5.01 Å². The molecule has 2 rings (SSSR count). The summed E-state index contributed by atoms with van der Waals surface area (Å²) in [6, 6.07) is 0.602. The van der Waals surface area contributed by atoms with Crippen LogP contribution in [0, 0.1) is 0 Å². The van der Waals surface area contributed by atoms with Crippen molar-refractivity contribution in [3.8, 4) is 0 Å². The van der Waals surface area contributed by atoms with E-state index in [2.05, 4.69) is 46.7 Å². The van der Waals surface area contributed by atoms with Crippen LogP contribution in [0.5, 0.6) is 0 Å². The molecular formula is C10H17N3. The summed E-state index contributed by atoms with van der Waals surface area (Å²) in [5.41, 5.74) is 0. The van der Waals surface area contributed by atoms with Gasteiger partial charge in [-0.1, -0.05) is 12.2 Å². The molecule has 0 aromatic rings. The lowest BCUT2D eigenvalue weighted by Crippen LogP contribution is -2.55. The van der Waals surface area contributed by atoms with Gasteiger partial charge in [0.15, 0.2) is 0 Å². The molecule has 0 spiro atoms. The first-order valence-corrected chi connectivity index (χ1v) is 4.95. The van der Waals surface area contributed by atoms with E-state index in [0.717, 1.165) is 26.2 Å². The van der Waals surface area contributed by atoms with E-state index < -0.39 is 0 Å². The molecule has 1 unspecified atom stereocenters. The van der Waals surface area contributed by atoms with E-state index in [4.69, 9.17) is 0 Å². The minimum absolute atomic E-state index is 0.602. The van der Waals surface area contributed by atoms with Crippen molar-refractivity contribution in [2.75, 3.05) is 26.2 Å². The van der Waals surface area contributed by atoms with E-state index in [-0.39, 0.29) is 0 Å². The highest BCUT2D eigenvalue weighted by Crippen LogP contribution is 2.10. The fourth-order valence-electron chi connectivity index (χ4n) is 1.86. The molecule has 0 radical (unpaired) electrons. The van der Waals surface area contributed by atoms with Crippen molar-refractivity contribution < 1.29 is 0 Å². The van der Waals surface area contributed by atoms with E-state index in [1.807, 2.05) is 0 Å². The highest BCUT2D eigenvalue weighted by molar-refractivity contribution is 5.08. The summed E-state index contributed by atoms with van der Waals surface area (Å²) in [7, 11) is 0. The van der Waals surface area contributed by atoms with Gasteiger partial charge in [-0.2, -0.15) is 0 Å². The predicted octanol–water partition coefficient (Wildman–Crippen LogP) is 0.581. The maximum absolute atomic E-state index is 3.39. The van der Waals surface area contributed by atoms with Gasteiger partial charge in [0, 0.05) is 31.9 Å². The van der Waals surface area contributed by atoms with Gasteiger partial charge in [-0.05, 0) is 13.0 Å². The number of piperazine rings is 1. The summed E-state index contributed by atoms with van der Waals surface area (Å²) >= 11 is 0. The first kappa shape index (κ1) is 8.78. The van der Waals surface area contributed by atoms with Gasteiger partial charge in [-0.3, -0.25) is 0 Å². The number of allylic oxidation sites excluding steroid dienone is 2. The van der Waals surface area contributed by atoms with E-state index in [9.17, 15) is 0 Å². The van der Waals surface area contributed by atoms with Gasteiger partial charge >= 0.3 is 0 Å².